The van der Waals surface area contributed by atoms with Gasteiger partial charge in [-0.3, -0.25) is 39.9 Å². The Kier molecular flexibility index (Phi) is 106. The summed E-state index contributed by atoms with van der Waals surface area (Å²) in [7, 11) is 0. The zero-order valence-corrected chi connectivity index (χ0v) is 75.5. The molecule has 9 heterocycles. The third-order valence-electron chi connectivity index (χ3n) is 14.2. The normalized spacial score (nSPS) is 20.4. The van der Waals surface area contributed by atoms with Crippen LogP contribution in [-0.4, -0.2) is 165 Å². The molecule has 594 valence electrons. The van der Waals surface area contributed by atoms with Crippen LogP contribution in [0.4, 0.5) is 0 Å². The van der Waals surface area contributed by atoms with Gasteiger partial charge in [0.1, 0.15) is 6.61 Å². The van der Waals surface area contributed by atoms with E-state index < -0.39 is 0 Å². The first-order valence-electron chi connectivity index (χ1n) is 40.1. The molecule has 0 radical (unpaired) electrons. The van der Waals surface area contributed by atoms with Gasteiger partial charge in [0.25, 0.3) is 0 Å². The predicted molar refractivity (Wildman–Crippen MR) is 472 cm³/mol. The highest BCUT2D eigenvalue weighted by Crippen LogP contribution is 2.22. The van der Waals surface area contributed by atoms with Crippen molar-refractivity contribution in [3.05, 3.63) is 0 Å². The van der Waals surface area contributed by atoms with Gasteiger partial charge in [-0.05, 0) is 85.9 Å². The maximum atomic E-state index is 5.16. The van der Waals surface area contributed by atoms with E-state index in [-0.39, 0.29) is 0 Å². The van der Waals surface area contributed by atoms with Crippen LogP contribution in [-0.2, 0) is 9.57 Å². The summed E-state index contributed by atoms with van der Waals surface area (Å²) in [5.41, 5.74) is 5.96. The SMILES string of the molecule is CC.CC.CC.CC.CC.CC.CC.CC.CC.CC(C)C1=NCCCN1.CC(C)C1=NCCCS1.CC(C)C1=NOCCO1.CC(C)C1CCN=CN1.CC(C)C1CCN=CN1.CC(C)C1CCSC=N1.CC(C)C1CCSC=N1.CC(C)C1CN=CNC1.CC(C)C1CN=CSC1. The molecule has 0 saturated heterocycles. The molecule has 0 aromatic rings. The minimum Gasteiger partial charge on any atom is -0.475 e. The van der Waals surface area contributed by atoms with Crippen LogP contribution in [0.2, 0.25) is 0 Å². The van der Waals surface area contributed by atoms with E-state index in [1.165, 1.54) is 72.4 Å². The fourth-order valence-electron chi connectivity index (χ4n) is 8.13. The summed E-state index contributed by atoms with van der Waals surface area (Å²) in [6.07, 6.45) is 12.8. The van der Waals surface area contributed by atoms with Crippen molar-refractivity contribution >= 4 is 99.5 Å². The smallest absolute Gasteiger partial charge is 0.228 e. The van der Waals surface area contributed by atoms with Gasteiger partial charge in [-0.25, -0.2) is 0 Å². The molecule has 9 aliphatic rings. The van der Waals surface area contributed by atoms with Gasteiger partial charge in [0.15, 0.2) is 6.61 Å². The molecule has 6 unspecified atom stereocenters. The quantitative estimate of drug-likeness (QED) is 0.174. The van der Waals surface area contributed by atoms with Gasteiger partial charge in [0.2, 0.25) is 5.90 Å². The Balaban J connectivity index is -0.000000128. The molecular formula is C80H173N13O2S4. The van der Waals surface area contributed by atoms with Gasteiger partial charge in [0, 0.05) is 105 Å². The van der Waals surface area contributed by atoms with E-state index in [2.05, 4.69) is 177 Å². The summed E-state index contributed by atoms with van der Waals surface area (Å²) < 4.78 is 5.16. The van der Waals surface area contributed by atoms with E-state index >= 15 is 0 Å². The second kappa shape index (κ2) is 91.3. The Bertz CT molecular complexity index is 1630. The zero-order valence-electron chi connectivity index (χ0n) is 72.2. The number of nitrogens with one attached hydrogen (secondary N) is 4. The number of aliphatic imine (C=N–C) groups is 8. The van der Waals surface area contributed by atoms with Crippen molar-refractivity contribution in [1.82, 2.24) is 21.3 Å². The van der Waals surface area contributed by atoms with Gasteiger partial charge >= 0.3 is 0 Å². The van der Waals surface area contributed by atoms with E-state index in [0.29, 0.717) is 61.0 Å². The number of amidine groups is 1. The highest BCUT2D eigenvalue weighted by atomic mass is 32.2. The van der Waals surface area contributed by atoms with Crippen LogP contribution in [0.15, 0.2) is 45.1 Å². The average Bonchev–Trinajstić information content (AvgIpc) is 3.85. The Labute approximate surface area is 637 Å². The average molecular weight is 1480 g/mol. The summed E-state index contributed by atoms with van der Waals surface area (Å²) in [4.78, 5) is 38.8. The van der Waals surface area contributed by atoms with E-state index in [0.717, 1.165) is 99.7 Å². The summed E-state index contributed by atoms with van der Waals surface area (Å²) >= 11 is 7.41. The van der Waals surface area contributed by atoms with Gasteiger partial charge < -0.3 is 30.8 Å². The first-order chi connectivity index (χ1) is 47.7. The third kappa shape index (κ3) is 74.7. The Hall–Kier alpha value is -2.77. The number of ether oxygens (including phenoxy) is 1. The number of thioether (sulfide) groups is 4. The van der Waals surface area contributed by atoms with Crippen LogP contribution >= 0.6 is 47.0 Å². The molecule has 99 heavy (non-hydrogen) atoms. The van der Waals surface area contributed by atoms with E-state index in [1.54, 1.807) is 6.34 Å². The van der Waals surface area contributed by atoms with E-state index in [4.69, 9.17) is 9.57 Å². The minimum absolute atomic E-state index is 0.338. The summed E-state index contributed by atoms with van der Waals surface area (Å²) in [6, 6.07) is 2.52. The molecule has 0 saturated carbocycles. The predicted octanol–water partition coefficient (Wildman–Crippen LogP) is 22.8. The first-order valence-corrected chi connectivity index (χ1v) is 44.2. The lowest BCUT2D eigenvalue weighted by molar-refractivity contribution is 0.0585. The number of rotatable bonds is 9. The topological polar surface area (TPSA) is 178 Å². The molecular weight excluding hydrogens is 1300 g/mol. The lowest BCUT2D eigenvalue weighted by atomic mass is 9.95. The summed E-state index contributed by atoms with van der Waals surface area (Å²) in [6.45, 7) is 85.2. The molecule has 6 atom stereocenters. The maximum Gasteiger partial charge on any atom is 0.228 e. The van der Waals surface area contributed by atoms with Crippen molar-refractivity contribution in [2.45, 2.75) is 312 Å². The molecule has 0 aromatic heterocycles. The van der Waals surface area contributed by atoms with Gasteiger partial charge in [-0.15, -0.1) is 47.0 Å². The molecule has 0 bridgehead atoms. The maximum absolute atomic E-state index is 5.16. The molecule has 4 N–H and O–H groups in total. The molecule has 9 aliphatic heterocycles. The second-order valence-electron chi connectivity index (χ2n) is 24.4. The highest BCUT2D eigenvalue weighted by molar-refractivity contribution is 8.14. The van der Waals surface area contributed by atoms with Crippen LogP contribution < -0.4 is 21.3 Å². The van der Waals surface area contributed by atoms with Gasteiger partial charge in [-0.2, -0.15) is 0 Å². The van der Waals surface area contributed by atoms with Crippen molar-refractivity contribution < 1.29 is 9.57 Å². The number of nitrogens with zero attached hydrogens (tertiary/aromatic N) is 9. The van der Waals surface area contributed by atoms with Crippen LogP contribution in [0.25, 0.3) is 0 Å². The standard InChI is InChI=1S/4C7H14N2.4C7H13NS.C6H11NO2.9C2H6/c1-6(2)7-3-8-5-9-4-7;2*1-6(2)7-3-4-8-5-9-7;1-6(2)7-8-4-3-5-9-7;1-6(2)7-3-8-5-9-4-7;2*1-6(2)7-3-4-9-5-8-7;1-6(2)7-8-4-3-5-9-7;1-5(2)6-7-9-4-3-8-6;9*1-2/h3*5-7H,3-4H2,1-2H3,(H,8,9);6H,3-5H2,1-2H3,(H,8,9);3*5-7H,3-4H2,1-2H3;6H,3-5H2,1-2H3;5H,3-4H2,1-2H3;9*1-2H3. The molecule has 0 amide bonds. The molecule has 19 heteroatoms. The fourth-order valence-corrected chi connectivity index (χ4v) is 11.6. The molecule has 0 spiro atoms. The van der Waals surface area contributed by atoms with Gasteiger partial charge in [-0.1, -0.05) is 254 Å². The van der Waals surface area contributed by atoms with Crippen LogP contribution in [0.1, 0.15) is 288 Å². The number of hydrogen-bond acceptors (Lipinski definition) is 19. The van der Waals surface area contributed by atoms with Crippen LogP contribution in [0, 0.1) is 65.1 Å². The molecule has 9 rings (SSSR count). The summed E-state index contributed by atoms with van der Waals surface area (Å²) in [5.74, 6) is 14.5. The van der Waals surface area contributed by atoms with E-state index in [9.17, 15) is 0 Å². The molecule has 0 fully saturated rings. The monoisotopic (exact) mass is 1480 g/mol. The molecule has 0 aliphatic carbocycles. The first kappa shape index (κ1) is 115. The largest absolute Gasteiger partial charge is 0.475 e. The third-order valence-corrected chi connectivity index (χ3v) is 18.0. The van der Waals surface area contributed by atoms with Crippen molar-refractivity contribution in [3.63, 3.8) is 0 Å². The Morgan fingerprint density at radius 1 is 0.424 bits per heavy atom. The summed E-state index contributed by atoms with van der Waals surface area (Å²) in [5, 5.41) is 17.9. The lowest BCUT2D eigenvalue weighted by Gasteiger charge is -2.22. The Morgan fingerprint density at radius 3 is 1.10 bits per heavy atom. The molecule has 15 nitrogen and oxygen atoms in total. The minimum atomic E-state index is 0.338. The van der Waals surface area contributed by atoms with Crippen LogP contribution in [0.5, 0.6) is 0 Å². The lowest BCUT2D eigenvalue weighted by Crippen LogP contribution is -2.36. The van der Waals surface area contributed by atoms with Crippen molar-refractivity contribution in [2.75, 3.05) is 88.6 Å². The molecule has 0 aromatic carbocycles. The highest BCUT2D eigenvalue weighted by Gasteiger charge is 2.18. The van der Waals surface area contributed by atoms with Crippen molar-refractivity contribution in [2.24, 2.45) is 110 Å². The van der Waals surface area contributed by atoms with Gasteiger partial charge in [0.05, 0.1) is 58.6 Å². The van der Waals surface area contributed by atoms with Crippen molar-refractivity contribution in [1.29, 1.82) is 0 Å². The fraction of sp³-hybridized carbons (Fsp3) is 0.887. The zero-order chi connectivity index (χ0) is 78.2. The van der Waals surface area contributed by atoms with E-state index in [1.807, 2.05) is 215 Å². The second-order valence-corrected chi connectivity index (χ2v) is 28.3. The number of hydrogen-bond donors (Lipinski definition) is 4. The van der Waals surface area contributed by atoms with Crippen molar-refractivity contribution in [3.8, 4) is 0 Å². The Morgan fingerprint density at radius 2 is 0.889 bits per heavy atom. The number of oxime groups is 1. The van der Waals surface area contributed by atoms with Crippen LogP contribution in [0.3, 0.4) is 0 Å².